The quantitative estimate of drug-likeness (QED) is 0.869. The third-order valence-corrected chi connectivity index (χ3v) is 5.64. The highest BCUT2D eigenvalue weighted by molar-refractivity contribution is 8.00. The van der Waals surface area contributed by atoms with Crippen LogP contribution in [-0.2, 0) is 4.79 Å². The van der Waals surface area contributed by atoms with Crippen LogP contribution in [0.5, 0.6) is 0 Å². The van der Waals surface area contributed by atoms with Gasteiger partial charge in [0.25, 0.3) is 5.91 Å². The molecule has 1 amide bonds. The molecule has 0 spiro atoms. The summed E-state index contributed by atoms with van der Waals surface area (Å²) in [6.07, 6.45) is 6.41. The van der Waals surface area contributed by atoms with E-state index >= 15 is 0 Å². The maximum Gasteiger partial charge on any atom is 0.263 e. The van der Waals surface area contributed by atoms with Gasteiger partial charge in [0.2, 0.25) is 0 Å². The number of hydrogen-bond donors (Lipinski definition) is 1. The fraction of sp³-hybridized carbons (Fsp3) is 0.562. The summed E-state index contributed by atoms with van der Waals surface area (Å²) >= 11 is 1.72. The van der Waals surface area contributed by atoms with Crippen molar-refractivity contribution < 1.29 is 14.3 Å². The van der Waals surface area contributed by atoms with Crippen molar-refractivity contribution in [1.29, 1.82) is 0 Å². The van der Waals surface area contributed by atoms with Gasteiger partial charge in [0.1, 0.15) is 17.6 Å². The van der Waals surface area contributed by atoms with Crippen LogP contribution in [0.2, 0.25) is 0 Å². The minimum absolute atomic E-state index is 0.170. The van der Waals surface area contributed by atoms with Gasteiger partial charge < -0.3 is 5.11 Å². The van der Waals surface area contributed by atoms with Gasteiger partial charge in [-0.15, -0.1) is 0 Å². The Morgan fingerprint density at radius 2 is 2.00 bits per heavy atom. The SMILES string of the molecule is CC1=CC=C(F)C2C(=O)N=C(CSC3CCC(O)CC3)N=C12. The molecule has 1 unspecified atom stereocenters. The van der Waals surface area contributed by atoms with Crippen molar-refractivity contribution in [2.24, 2.45) is 15.9 Å². The first-order chi connectivity index (χ1) is 10.5. The van der Waals surface area contributed by atoms with Gasteiger partial charge in [0, 0.05) is 5.25 Å². The van der Waals surface area contributed by atoms with Gasteiger partial charge in [0.05, 0.1) is 17.6 Å². The zero-order valence-corrected chi connectivity index (χ0v) is 13.3. The minimum Gasteiger partial charge on any atom is -0.393 e. The third kappa shape index (κ3) is 3.22. The molecule has 1 atom stereocenters. The Balaban J connectivity index is 1.66. The summed E-state index contributed by atoms with van der Waals surface area (Å²) in [5, 5.41) is 9.99. The van der Waals surface area contributed by atoms with E-state index in [4.69, 9.17) is 0 Å². The molecular formula is C16H19FN2O2S. The molecule has 6 heteroatoms. The van der Waals surface area contributed by atoms with Crippen molar-refractivity contribution in [2.75, 3.05) is 5.75 Å². The largest absolute Gasteiger partial charge is 0.393 e. The van der Waals surface area contributed by atoms with Crippen LogP contribution in [0, 0.1) is 5.92 Å². The van der Waals surface area contributed by atoms with E-state index in [2.05, 4.69) is 9.98 Å². The predicted molar refractivity (Wildman–Crippen MR) is 87.0 cm³/mol. The second kappa shape index (κ2) is 6.46. The van der Waals surface area contributed by atoms with Crippen LogP contribution in [0.4, 0.5) is 4.39 Å². The first-order valence-electron chi connectivity index (χ1n) is 7.58. The molecule has 0 bridgehead atoms. The molecule has 0 aromatic carbocycles. The molecule has 1 aliphatic heterocycles. The fourth-order valence-electron chi connectivity index (χ4n) is 2.96. The number of aliphatic hydroxyl groups is 1. The Morgan fingerprint density at radius 1 is 1.27 bits per heavy atom. The molecule has 1 fully saturated rings. The monoisotopic (exact) mass is 322 g/mol. The lowest BCUT2D eigenvalue weighted by Gasteiger charge is -2.26. The van der Waals surface area contributed by atoms with Crippen LogP contribution in [0.3, 0.4) is 0 Å². The molecule has 3 aliphatic rings. The van der Waals surface area contributed by atoms with Crippen LogP contribution in [0.25, 0.3) is 0 Å². The summed E-state index contributed by atoms with van der Waals surface area (Å²) in [6, 6.07) is 0. The number of thioether (sulfide) groups is 1. The van der Waals surface area contributed by atoms with Crippen LogP contribution in [0.1, 0.15) is 32.6 Å². The molecule has 1 saturated carbocycles. The van der Waals surface area contributed by atoms with E-state index in [1.807, 2.05) is 6.92 Å². The maximum absolute atomic E-state index is 13.8. The molecule has 1 N–H and O–H groups in total. The van der Waals surface area contributed by atoms with E-state index in [1.54, 1.807) is 17.8 Å². The Bertz CT molecular complexity index is 601. The molecule has 0 aromatic rings. The Labute approximate surface area is 133 Å². The highest BCUT2D eigenvalue weighted by Gasteiger charge is 2.35. The van der Waals surface area contributed by atoms with E-state index in [9.17, 15) is 14.3 Å². The number of fused-ring (bicyclic) bond motifs is 1. The van der Waals surface area contributed by atoms with Crippen molar-refractivity contribution in [3.05, 3.63) is 23.6 Å². The normalized spacial score (nSPS) is 31.8. The average molecular weight is 322 g/mol. The lowest BCUT2D eigenvalue weighted by molar-refractivity contribution is -0.119. The zero-order chi connectivity index (χ0) is 15.7. The van der Waals surface area contributed by atoms with E-state index in [0.29, 0.717) is 22.6 Å². The van der Waals surface area contributed by atoms with E-state index in [0.717, 1.165) is 31.3 Å². The van der Waals surface area contributed by atoms with E-state index < -0.39 is 17.7 Å². The molecule has 1 heterocycles. The van der Waals surface area contributed by atoms with Gasteiger partial charge >= 0.3 is 0 Å². The molecule has 3 rings (SSSR count). The summed E-state index contributed by atoms with van der Waals surface area (Å²) in [5.41, 5.74) is 1.31. The number of carbonyl (C=O) groups excluding carboxylic acids is 1. The van der Waals surface area contributed by atoms with Crippen LogP contribution in [0.15, 0.2) is 33.5 Å². The van der Waals surface area contributed by atoms with Gasteiger partial charge in [0.15, 0.2) is 0 Å². The van der Waals surface area contributed by atoms with Gasteiger partial charge in [-0.25, -0.2) is 9.38 Å². The van der Waals surface area contributed by atoms with Crippen molar-refractivity contribution in [2.45, 2.75) is 44.0 Å². The summed E-state index contributed by atoms with van der Waals surface area (Å²) < 4.78 is 13.8. The first kappa shape index (κ1) is 15.6. The molecule has 4 nitrogen and oxygen atoms in total. The summed E-state index contributed by atoms with van der Waals surface area (Å²) in [4.78, 5) is 20.4. The zero-order valence-electron chi connectivity index (χ0n) is 12.5. The van der Waals surface area contributed by atoms with Gasteiger partial charge in [-0.1, -0.05) is 6.08 Å². The Hall–Kier alpha value is -1.27. The summed E-state index contributed by atoms with van der Waals surface area (Å²) in [5.74, 6) is -0.841. The van der Waals surface area contributed by atoms with Crippen LogP contribution >= 0.6 is 11.8 Å². The molecule has 0 aromatic heterocycles. The lowest BCUT2D eigenvalue weighted by Crippen LogP contribution is -2.32. The molecule has 2 aliphatic carbocycles. The molecule has 118 valence electrons. The number of allylic oxidation sites excluding steroid dienone is 3. The van der Waals surface area contributed by atoms with Gasteiger partial charge in [-0.3, -0.25) is 4.79 Å². The van der Waals surface area contributed by atoms with Gasteiger partial charge in [-0.2, -0.15) is 16.8 Å². The predicted octanol–water partition coefficient (Wildman–Crippen LogP) is 2.83. The van der Waals surface area contributed by atoms with Crippen LogP contribution in [-0.4, -0.2) is 39.7 Å². The number of halogens is 1. The van der Waals surface area contributed by atoms with Crippen molar-refractivity contribution >= 4 is 29.2 Å². The highest BCUT2D eigenvalue weighted by atomic mass is 32.2. The number of carbonyl (C=O) groups is 1. The topological polar surface area (TPSA) is 62.0 Å². The van der Waals surface area contributed by atoms with Crippen LogP contribution < -0.4 is 0 Å². The highest BCUT2D eigenvalue weighted by Crippen LogP contribution is 2.31. The Morgan fingerprint density at radius 3 is 2.73 bits per heavy atom. The minimum atomic E-state index is -0.941. The maximum atomic E-state index is 13.8. The number of aliphatic imine (C=N–C) groups is 2. The molecular weight excluding hydrogens is 303 g/mol. The number of amidine groups is 1. The lowest BCUT2D eigenvalue weighted by atomic mass is 9.90. The molecule has 0 radical (unpaired) electrons. The van der Waals surface area contributed by atoms with Gasteiger partial charge in [-0.05, 0) is 44.3 Å². The average Bonchev–Trinajstić information content (AvgIpc) is 2.50. The van der Waals surface area contributed by atoms with Crippen molar-refractivity contribution in [1.82, 2.24) is 0 Å². The number of hydrogen-bond acceptors (Lipinski definition) is 4. The van der Waals surface area contributed by atoms with E-state index in [-0.39, 0.29) is 6.10 Å². The first-order valence-corrected chi connectivity index (χ1v) is 8.63. The number of amides is 1. The summed E-state index contributed by atoms with van der Waals surface area (Å²) in [6.45, 7) is 1.83. The second-order valence-corrected chi connectivity index (χ2v) is 7.23. The Kier molecular flexibility index (Phi) is 4.59. The molecule has 0 saturated heterocycles. The smallest absolute Gasteiger partial charge is 0.263 e. The number of nitrogens with zero attached hydrogens (tertiary/aromatic N) is 2. The number of aliphatic hydroxyl groups excluding tert-OH is 1. The standard InChI is InChI=1S/C16H19FN2O2S/c1-9-2-7-12(17)14-15(9)18-13(19-16(14)21)8-22-11-5-3-10(20)4-6-11/h2,7,10-11,14,20H,3-6,8H2,1H3. The van der Waals surface area contributed by atoms with Crippen molar-refractivity contribution in [3.8, 4) is 0 Å². The third-order valence-electron chi connectivity index (χ3n) is 4.27. The number of rotatable bonds is 3. The fourth-order valence-corrected chi connectivity index (χ4v) is 4.08. The van der Waals surface area contributed by atoms with E-state index in [1.165, 1.54) is 6.08 Å². The summed E-state index contributed by atoms with van der Waals surface area (Å²) in [7, 11) is 0. The second-order valence-electron chi connectivity index (χ2n) is 5.94. The molecule has 22 heavy (non-hydrogen) atoms. The van der Waals surface area contributed by atoms with Crippen molar-refractivity contribution in [3.63, 3.8) is 0 Å².